The average molecular weight is 314 g/mol. The van der Waals surface area contributed by atoms with Gasteiger partial charge in [-0.05, 0) is 19.0 Å². The van der Waals surface area contributed by atoms with Crippen LogP contribution in [0, 0.1) is 0 Å². The minimum Gasteiger partial charge on any atom is -0.396 e. The van der Waals surface area contributed by atoms with Gasteiger partial charge in [-0.15, -0.1) is 0 Å². The van der Waals surface area contributed by atoms with E-state index in [0.717, 1.165) is 39.1 Å². The highest BCUT2D eigenvalue weighted by Crippen LogP contribution is 2.15. The van der Waals surface area contributed by atoms with Crippen molar-refractivity contribution in [2.75, 3.05) is 33.3 Å². The zero-order chi connectivity index (χ0) is 16.1. The van der Waals surface area contributed by atoms with E-state index < -0.39 is 0 Å². The molecular weight excluding hydrogens is 288 g/mol. The number of hydrogen-bond acceptors (Lipinski definition) is 4. The standard InChI is InChI=1S/C18H26N4O/c1-20-8-9-21(13-17(20)7-10-23)14-18-11-19-15-22(18)12-16-5-3-2-4-6-16/h2-6,11,15,17,23H,7-10,12-14H2,1H3/t17-/m0/s1. The number of hydrogen-bond donors (Lipinski definition) is 1. The molecule has 3 rings (SSSR count). The molecule has 0 aliphatic carbocycles. The monoisotopic (exact) mass is 314 g/mol. The number of benzene rings is 1. The summed E-state index contributed by atoms with van der Waals surface area (Å²) in [4.78, 5) is 9.17. The Morgan fingerprint density at radius 2 is 2.00 bits per heavy atom. The molecule has 1 aromatic heterocycles. The van der Waals surface area contributed by atoms with Crippen molar-refractivity contribution in [3.63, 3.8) is 0 Å². The number of aliphatic hydroxyl groups is 1. The molecule has 5 nitrogen and oxygen atoms in total. The van der Waals surface area contributed by atoms with Crippen LogP contribution >= 0.6 is 0 Å². The second-order valence-electron chi connectivity index (χ2n) is 6.38. The molecule has 2 heterocycles. The second kappa shape index (κ2) is 7.73. The van der Waals surface area contributed by atoms with Gasteiger partial charge in [0.25, 0.3) is 0 Å². The highest BCUT2D eigenvalue weighted by molar-refractivity contribution is 5.16. The maximum absolute atomic E-state index is 9.23. The fourth-order valence-corrected chi connectivity index (χ4v) is 3.25. The van der Waals surface area contributed by atoms with Gasteiger partial charge < -0.3 is 14.6 Å². The molecule has 0 saturated carbocycles. The minimum absolute atomic E-state index is 0.259. The first kappa shape index (κ1) is 16.2. The van der Waals surface area contributed by atoms with Crippen molar-refractivity contribution in [1.82, 2.24) is 19.4 Å². The van der Waals surface area contributed by atoms with Crippen LogP contribution in [0.4, 0.5) is 0 Å². The minimum atomic E-state index is 0.259. The zero-order valence-electron chi connectivity index (χ0n) is 13.8. The SMILES string of the molecule is CN1CCN(Cc2cncn2Cc2ccccc2)C[C@@H]1CCO. The summed E-state index contributed by atoms with van der Waals surface area (Å²) in [6.45, 7) is 5.17. The van der Waals surface area contributed by atoms with E-state index in [1.54, 1.807) is 0 Å². The molecule has 0 amide bonds. The van der Waals surface area contributed by atoms with E-state index in [-0.39, 0.29) is 6.61 Å². The number of nitrogens with zero attached hydrogens (tertiary/aromatic N) is 4. The van der Waals surface area contributed by atoms with Gasteiger partial charge in [0.15, 0.2) is 0 Å². The van der Waals surface area contributed by atoms with Crippen molar-refractivity contribution in [1.29, 1.82) is 0 Å². The van der Waals surface area contributed by atoms with Crippen molar-refractivity contribution in [3.05, 3.63) is 54.1 Å². The molecule has 124 valence electrons. The predicted octanol–water partition coefficient (Wildman–Crippen LogP) is 1.43. The van der Waals surface area contributed by atoms with Gasteiger partial charge in [0, 0.05) is 51.6 Å². The molecule has 1 saturated heterocycles. The van der Waals surface area contributed by atoms with E-state index in [1.165, 1.54) is 11.3 Å². The molecule has 0 spiro atoms. The van der Waals surface area contributed by atoms with Crippen LogP contribution in [0.2, 0.25) is 0 Å². The lowest BCUT2D eigenvalue weighted by Gasteiger charge is -2.39. The number of piperazine rings is 1. The first-order chi connectivity index (χ1) is 11.3. The number of aliphatic hydroxyl groups excluding tert-OH is 1. The second-order valence-corrected chi connectivity index (χ2v) is 6.38. The lowest BCUT2D eigenvalue weighted by atomic mass is 10.1. The van der Waals surface area contributed by atoms with Crippen LogP contribution < -0.4 is 0 Å². The summed E-state index contributed by atoms with van der Waals surface area (Å²) in [6, 6.07) is 10.9. The summed E-state index contributed by atoms with van der Waals surface area (Å²) in [7, 11) is 2.15. The van der Waals surface area contributed by atoms with Crippen molar-refractivity contribution in [2.45, 2.75) is 25.6 Å². The fraction of sp³-hybridized carbons (Fsp3) is 0.500. The Hall–Kier alpha value is -1.69. The van der Waals surface area contributed by atoms with Crippen molar-refractivity contribution in [3.8, 4) is 0 Å². The third kappa shape index (κ3) is 4.19. The maximum atomic E-state index is 9.23. The summed E-state index contributed by atoms with van der Waals surface area (Å²) in [5.74, 6) is 0. The zero-order valence-corrected chi connectivity index (χ0v) is 13.8. The Morgan fingerprint density at radius 1 is 1.17 bits per heavy atom. The van der Waals surface area contributed by atoms with E-state index in [1.807, 2.05) is 18.6 Å². The van der Waals surface area contributed by atoms with Gasteiger partial charge in [-0.2, -0.15) is 0 Å². The van der Waals surface area contributed by atoms with Crippen LogP contribution in [0.1, 0.15) is 17.7 Å². The van der Waals surface area contributed by atoms with E-state index >= 15 is 0 Å². The molecule has 0 unspecified atom stereocenters. The van der Waals surface area contributed by atoms with Gasteiger partial charge in [-0.1, -0.05) is 30.3 Å². The van der Waals surface area contributed by atoms with E-state index in [2.05, 4.69) is 50.7 Å². The average Bonchev–Trinajstić information content (AvgIpc) is 2.99. The largest absolute Gasteiger partial charge is 0.396 e. The van der Waals surface area contributed by atoms with E-state index in [9.17, 15) is 5.11 Å². The lowest BCUT2D eigenvalue weighted by Crippen LogP contribution is -2.51. The van der Waals surface area contributed by atoms with E-state index in [4.69, 9.17) is 0 Å². The summed E-state index contributed by atoms with van der Waals surface area (Å²) in [6.07, 6.45) is 4.74. The van der Waals surface area contributed by atoms with Gasteiger partial charge >= 0.3 is 0 Å². The number of rotatable bonds is 6. The van der Waals surface area contributed by atoms with E-state index in [0.29, 0.717) is 6.04 Å². The molecule has 1 fully saturated rings. The highest BCUT2D eigenvalue weighted by atomic mass is 16.3. The van der Waals surface area contributed by atoms with Gasteiger partial charge in [0.2, 0.25) is 0 Å². The number of aromatic nitrogens is 2. The molecule has 1 atom stereocenters. The molecule has 1 aliphatic heterocycles. The molecule has 23 heavy (non-hydrogen) atoms. The Bertz CT molecular complexity index is 598. The summed E-state index contributed by atoms with van der Waals surface area (Å²) in [5.41, 5.74) is 2.55. The first-order valence-corrected chi connectivity index (χ1v) is 8.32. The van der Waals surface area contributed by atoms with Crippen molar-refractivity contribution in [2.24, 2.45) is 0 Å². The summed E-state index contributed by atoms with van der Waals surface area (Å²) >= 11 is 0. The molecule has 5 heteroatoms. The molecule has 1 aromatic carbocycles. The van der Waals surface area contributed by atoms with Crippen LogP contribution in [0.25, 0.3) is 0 Å². The molecule has 0 radical (unpaired) electrons. The molecule has 2 aromatic rings. The van der Waals surface area contributed by atoms with Crippen LogP contribution in [0.15, 0.2) is 42.9 Å². The Morgan fingerprint density at radius 3 is 2.78 bits per heavy atom. The topological polar surface area (TPSA) is 44.5 Å². The van der Waals surface area contributed by atoms with Crippen LogP contribution in [0.3, 0.4) is 0 Å². The normalized spacial score (nSPS) is 20.0. The van der Waals surface area contributed by atoms with Crippen molar-refractivity contribution < 1.29 is 5.11 Å². The molecule has 0 bridgehead atoms. The summed E-state index contributed by atoms with van der Waals surface area (Å²) < 4.78 is 2.23. The Kier molecular flexibility index (Phi) is 5.43. The summed E-state index contributed by atoms with van der Waals surface area (Å²) in [5, 5.41) is 9.23. The molecular formula is C18H26N4O. The lowest BCUT2D eigenvalue weighted by molar-refractivity contribution is 0.0730. The quantitative estimate of drug-likeness (QED) is 0.876. The smallest absolute Gasteiger partial charge is 0.0951 e. The maximum Gasteiger partial charge on any atom is 0.0951 e. The molecule has 1 aliphatic rings. The third-order valence-corrected chi connectivity index (χ3v) is 4.70. The van der Waals surface area contributed by atoms with Crippen LogP contribution in [-0.2, 0) is 13.1 Å². The predicted molar refractivity (Wildman–Crippen MR) is 91.2 cm³/mol. The highest BCUT2D eigenvalue weighted by Gasteiger charge is 2.24. The van der Waals surface area contributed by atoms with Crippen LogP contribution in [0.5, 0.6) is 0 Å². The third-order valence-electron chi connectivity index (χ3n) is 4.70. The van der Waals surface area contributed by atoms with Gasteiger partial charge in [0.05, 0.1) is 12.0 Å². The number of likely N-dealkylation sites (N-methyl/N-ethyl adjacent to an activating group) is 1. The fourth-order valence-electron chi connectivity index (χ4n) is 3.25. The van der Waals surface area contributed by atoms with Crippen molar-refractivity contribution >= 4 is 0 Å². The molecule has 1 N–H and O–H groups in total. The van der Waals surface area contributed by atoms with Gasteiger partial charge in [-0.3, -0.25) is 4.90 Å². The van der Waals surface area contributed by atoms with Gasteiger partial charge in [0.1, 0.15) is 0 Å². The Labute approximate surface area is 138 Å². The van der Waals surface area contributed by atoms with Crippen LogP contribution in [-0.4, -0.2) is 63.8 Å². The first-order valence-electron chi connectivity index (χ1n) is 8.32. The van der Waals surface area contributed by atoms with Gasteiger partial charge in [-0.25, -0.2) is 4.98 Å². The number of imidazole rings is 1. The Balaban J connectivity index is 1.63.